The second-order valence-corrected chi connectivity index (χ2v) is 4.98. The molecule has 2 atom stereocenters. The lowest BCUT2D eigenvalue weighted by Gasteiger charge is -2.30. The van der Waals surface area contributed by atoms with Gasteiger partial charge in [0.15, 0.2) is 0 Å². The maximum Gasteiger partial charge on any atom is 0.328 e. The summed E-state index contributed by atoms with van der Waals surface area (Å²) in [4.78, 5) is 12.0. The molecule has 1 aliphatic rings. The van der Waals surface area contributed by atoms with Crippen LogP contribution in [0.4, 0.5) is 5.69 Å². The average Bonchev–Trinajstić information content (AvgIpc) is 2.38. The zero-order valence-corrected chi connectivity index (χ0v) is 11.1. The summed E-state index contributed by atoms with van der Waals surface area (Å²) in [7, 11) is 0. The molecule has 0 fully saturated rings. The monoisotopic (exact) mass is 247 g/mol. The van der Waals surface area contributed by atoms with Gasteiger partial charge in [0.25, 0.3) is 0 Å². The van der Waals surface area contributed by atoms with E-state index in [9.17, 15) is 4.79 Å². The van der Waals surface area contributed by atoms with Crippen molar-refractivity contribution in [3.8, 4) is 0 Å². The minimum Gasteiger partial charge on any atom is -0.464 e. The smallest absolute Gasteiger partial charge is 0.328 e. The van der Waals surface area contributed by atoms with Gasteiger partial charge in [-0.15, -0.1) is 0 Å². The minimum atomic E-state index is -0.211. The van der Waals surface area contributed by atoms with Crippen molar-refractivity contribution in [1.29, 1.82) is 0 Å². The second kappa shape index (κ2) is 5.89. The SMILES string of the molecule is CCCCOC(=O)C1Nc2ccccc2CC1C. The number of esters is 1. The van der Waals surface area contributed by atoms with E-state index in [1.54, 1.807) is 0 Å². The number of para-hydroxylation sites is 1. The summed E-state index contributed by atoms with van der Waals surface area (Å²) in [5.74, 6) is 0.152. The van der Waals surface area contributed by atoms with Gasteiger partial charge in [0.2, 0.25) is 0 Å². The highest BCUT2D eigenvalue weighted by atomic mass is 16.5. The van der Waals surface area contributed by atoms with Gasteiger partial charge in [-0.3, -0.25) is 0 Å². The molecule has 1 aromatic carbocycles. The van der Waals surface area contributed by atoms with Gasteiger partial charge < -0.3 is 10.1 Å². The molecule has 1 N–H and O–H groups in total. The number of hydrogen-bond acceptors (Lipinski definition) is 3. The number of rotatable bonds is 4. The molecule has 98 valence electrons. The molecule has 2 rings (SSSR count). The summed E-state index contributed by atoms with van der Waals surface area (Å²) in [5.41, 5.74) is 2.34. The Morgan fingerprint density at radius 3 is 3.00 bits per heavy atom. The van der Waals surface area contributed by atoms with Gasteiger partial charge in [-0.05, 0) is 30.4 Å². The van der Waals surface area contributed by atoms with Gasteiger partial charge in [0.05, 0.1) is 6.61 Å². The Kier molecular flexibility index (Phi) is 4.24. The van der Waals surface area contributed by atoms with Gasteiger partial charge in [-0.1, -0.05) is 38.5 Å². The molecular weight excluding hydrogens is 226 g/mol. The predicted octanol–water partition coefficient (Wildman–Crippen LogP) is 3.00. The van der Waals surface area contributed by atoms with Crippen LogP contribution in [-0.4, -0.2) is 18.6 Å². The number of hydrogen-bond donors (Lipinski definition) is 1. The van der Waals surface area contributed by atoms with Gasteiger partial charge in [-0.25, -0.2) is 4.79 Å². The number of anilines is 1. The summed E-state index contributed by atoms with van der Waals surface area (Å²) < 4.78 is 5.31. The lowest BCUT2D eigenvalue weighted by Crippen LogP contribution is -2.41. The third-order valence-corrected chi connectivity index (χ3v) is 3.44. The lowest BCUT2D eigenvalue weighted by molar-refractivity contribution is -0.145. The Morgan fingerprint density at radius 2 is 2.22 bits per heavy atom. The van der Waals surface area contributed by atoms with Gasteiger partial charge in [0, 0.05) is 5.69 Å². The van der Waals surface area contributed by atoms with Crippen molar-refractivity contribution in [2.45, 2.75) is 39.2 Å². The number of benzene rings is 1. The van der Waals surface area contributed by atoms with E-state index in [4.69, 9.17) is 4.74 Å². The summed E-state index contributed by atoms with van der Waals surface area (Å²) in [6.45, 7) is 4.71. The van der Waals surface area contributed by atoms with E-state index >= 15 is 0 Å². The molecule has 0 spiro atoms. The Hall–Kier alpha value is -1.51. The first-order valence-corrected chi connectivity index (χ1v) is 6.73. The van der Waals surface area contributed by atoms with Crippen molar-refractivity contribution in [3.63, 3.8) is 0 Å². The van der Waals surface area contributed by atoms with Crippen LogP contribution in [0, 0.1) is 5.92 Å². The highest BCUT2D eigenvalue weighted by Crippen LogP contribution is 2.28. The van der Waals surface area contributed by atoms with E-state index in [-0.39, 0.29) is 17.9 Å². The highest BCUT2D eigenvalue weighted by Gasteiger charge is 2.31. The number of fused-ring (bicyclic) bond motifs is 1. The molecule has 0 saturated carbocycles. The zero-order valence-electron chi connectivity index (χ0n) is 11.1. The molecule has 0 amide bonds. The van der Waals surface area contributed by atoms with Crippen LogP contribution in [0.5, 0.6) is 0 Å². The molecule has 0 aromatic heterocycles. The molecule has 3 heteroatoms. The number of unbranched alkanes of at least 4 members (excludes halogenated alkanes) is 1. The normalized spacial score (nSPS) is 21.9. The minimum absolute atomic E-state index is 0.120. The second-order valence-electron chi connectivity index (χ2n) is 4.98. The molecule has 0 radical (unpaired) electrons. The first-order chi connectivity index (χ1) is 8.72. The van der Waals surface area contributed by atoms with Crippen LogP contribution in [0.15, 0.2) is 24.3 Å². The Bertz CT molecular complexity index is 417. The van der Waals surface area contributed by atoms with E-state index in [0.717, 1.165) is 24.9 Å². The van der Waals surface area contributed by atoms with Gasteiger partial charge in [-0.2, -0.15) is 0 Å². The van der Waals surface area contributed by atoms with Crippen molar-refractivity contribution in [2.24, 2.45) is 5.92 Å². The summed E-state index contributed by atoms with van der Waals surface area (Å²) in [6, 6.07) is 7.94. The average molecular weight is 247 g/mol. The Labute approximate surface area is 109 Å². The third-order valence-electron chi connectivity index (χ3n) is 3.44. The highest BCUT2D eigenvalue weighted by molar-refractivity contribution is 5.81. The van der Waals surface area contributed by atoms with Crippen LogP contribution in [-0.2, 0) is 16.0 Å². The van der Waals surface area contributed by atoms with Crippen LogP contribution in [0.1, 0.15) is 32.3 Å². The summed E-state index contributed by atoms with van der Waals surface area (Å²) >= 11 is 0. The molecule has 1 aromatic rings. The third kappa shape index (κ3) is 2.84. The van der Waals surface area contributed by atoms with E-state index < -0.39 is 0 Å². The molecule has 0 bridgehead atoms. The standard InChI is InChI=1S/C15H21NO2/c1-3-4-9-18-15(17)14-11(2)10-12-7-5-6-8-13(12)16-14/h5-8,11,14,16H,3-4,9-10H2,1-2H3. The molecule has 1 aliphatic heterocycles. The Morgan fingerprint density at radius 1 is 1.44 bits per heavy atom. The van der Waals surface area contributed by atoms with E-state index in [2.05, 4.69) is 25.2 Å². The molecule has 2 unspecified atom stereocenters. The van der Waals surface area contributed by atoms with Crippen LogP contribution >= 0.6 is 0 Å². The lowest BCUT2D eigenvalue weighted by atomic mass is 9.89. The fraction of sp³-hybridized carbons (Fsp3) is 0.533. The number of carbonyl (C=O) groups excluding carboxylic acids is 1. The maximum atomic E-state index is 12.0. The van der Waals surface area contributed by atoms with Crippen LogP contribution in [0.3, 0.4) is 0 Å². The first kappa shape index (κ1) is 12.9. The molecule has 18 heavy (non-hydrogen) atoms. The molecular formula is C15H21NO2. The molecule has 3 nitrogen and oxygen atoms in total. The van der Waals surface area contributed by atoms with Crippen molar-refractivity contribution < 1.29 is 9.53 Å². The van der Waals surface area contributed by atoms with Crippen LogP contribution < -0.4 is 5.32 Å². The van der Waals surface area contributed by atoms with Crippen molar-refractivity contribution in [3.05, 3.63) is 29.8 Å². The number of ether oxygens (including phenoxy) is 1. The van der Waals surface area contributed by atoms with Crippen molar-refractivity contribution in [1.82, 2.24) is 0 Å². The van der Waals surface area contributed by atoms with Crippen LogP contribution in [0.25, 0.3) is 0 Å². The molecule has 0 aliphatic carbocycles. The first-order valence-electron chi connectivity index (χ1n) is 6.73. The summed E-state index contributed by atoms with van der Waals surface area (Å²) in [6.07, 6.45) is 2.91. The largest absolute Gasteiger partial charge is 0.464 e. The van der Waals surface area contributed by atoms with Crippen molar-refractivity contribution >= 4 is 11.7 Å². The molecule has 1 heterocycles. The van der Waals surface area contributed by atoms with E-state index in [1.807, 2.05) is 18.2 Å². The van der Waals surface area contributed by atoms with Crippen LogP contribution in [0.2, 0.25) is 0 Å². The number of carbonyl (C=O) groups is 1. The fourth-order valence-electron chi connectivity index (χ4n) is 2.31. The van der Waals surface area contributed by atoms with E-state index in [0.29, 0.717) is 6.61 Å². The predicted molar refractivity (Wildman–Crippen MR) is 72.6 cm³/mol. The van der Waals surface area contributed by atoms with E-state index in [1.165, 1.54) is 5.56 Å². The quantitative estimate of drug-likeness (QED) is 0.656. The summed E-state index contributed by atoms with van der Waals surface area (Å²) in [5, 5.41) is 3.30. The fourth-order valence-corrected chi connectivity index (χ4v) is 2.31. The molecule has 0 saturated heterocycles. The van der Waals surface area contributed by atoms with Gasteiger partial charge >= 0.3 is 5.97 Å². The maximum absolute atomic E-state index is 12.0. The van der Waals surface area contributed by atoms with Crippen molar-refractivity contribution in [2.75, 3.05) is 11.9 Å². The van der Waals surface area contributed by atoms with Gasteiger partial charge in [0.1, 0.15) is 6.04 Å². The number of nitrogens with one attached hydrogen (secondary N) is 1. The topological polar surface area (TPSA) is 38.3 Å². The Balaban J connectivity index is 2.00. The zero-order chi connectivity index (χ0) is 13.0.